The number of halogens is 3. The Hall–Kier alpha value is -5.59. The fourth-order valence-corrected chi connectivity index (χ4v) is 5.51. The minimum absolute atomic E-state index is 0.0936. The smallest absolute Gasteiger partial charge is 0.446 e. The third kappa shape index (κ3) is 5.35. The van der Waals surface area contributed by atoms with Crippen molar-refractivity contribution in [1.82, 2.24) is 20.6 Å². The third-order valence-electron chi connectivity index (χ3n) is 7.54. The van der Waals surface area contributed by atoms with E-state index in [9.17, 15) is 27.6 Å². The molecule has 0 fully saturated rings. The number of nitrogens with one attached hydrogen (secondary N) is 1. The van der Waals surface area contributed by atoms with Gasteiger partial charge < -0.3 is 15.4 Å². The van der Waals surface area contributed by atoms with Gasteiger partial charge in [-0.1, -0.05) is 78.9 Å². The molecule has 1 aliphatic heterocycles. The molecule has 0 bridgehead atoms. The molecular weight excluding hydrogens is 577 g/mol. The number of carbonyl (C=O) groups excluding carboxylic acids is 3. The molecule has 2 amide bonds. The fraction of sp³-hybridized carbons (Fsp3) is 0.161. The van der Waals surface area contributed by atoms with Gasteiger partial charge in [0.2, 0.25) is 5.91 Å². The van der Waals surface area contributed by atoms with Crippen molar-refractivity contribution >= 4 is 34.2 Å². The first kappa shape index (κ1) is 28.5. The van der Waals surface area contributed by atoms with Gasteiger partial charge in [0, 0.05) is 17.7 Å². The van der Waals surface area contributed by atoms with Gasteiger partial charge in [-0.3, -0.25) is 9.59 Å². The number of nitrogens with two attached hydrogens (primary N) is 1. The molecule has 222 valence electrons. The minimum Gasteiger partial charge on any atom is -0.446 e. The number of aromatic amines is 1. The van der Waals surface area contributed by atoms with Crippen molar-refractivity contribution in [3.63, 3.8) is 0 Å². The summed E-state index contributed by atoms with van der Waals surface area (Å²) in [5, 5.41) is 15.3. The van der Waals surface area contributed by atoms with Crippen LogP contribution in [0.2, 0.25) is 0 Å². The molecule has 1 aromatic heterocycles. The quantitative estimate of drug-likeness (QED) is 0.270. The van der Waals surface area contributed by atoms with Crippen molar-refractivity contribution in [2.24, 2.45) is 5.73 Å². The van der Waals surface area contributed by atoms with Crippen molar-refractivity contribution < 1.29 is 32.3 Å². The van der Waals surface area contributed by atoms with Crippen LogP contribution in [0.4, 0.5) is 18.9 Å². The van der Waals surface area contributed by atoms with E-state index in [0.29, 0.717) is 22.3 Å². The number of benzene rings is 4. The summed E-state index contributed by atoms with van der Waals surface area (Å²) >= 11 is 0. The van der Waals surface area contributed by atoms with Crippen LogP contribution >= 0.6 is 0 Å². The predicted molar refractivity (Wildman–Crippen MR) is 153 cm³/mol. The molecule has 0 spiro atoms. The lowest BCUT2D eigenvalue weighted by molar-refractivity contribution is -0.205. The van der Waals surface area contributed by atoms with Crippen LogP contribution < -0.4 is 10.6 Å². The van der Waals surface area contributed by atoms with E-state index in [-0.39, 0.29) is 12.2 Å². The van der Waals surface area contributed by atoms with Crippen LogP contribution in [0.25, 0.3) is 33.3 Å². The van der Waals surface area contributed by atoms with Crippen molar-refractivity contribution in [2.45, 2.75) is 31.2 Å². The normalized spacial score (nSPS) is 16.8. The summed E-state index contributed by atoms with van der Waals surface area (Å²) in [6, 6.07) is 25.1. The van der Waals surface area contributed by atoms with Crippen molar-refractivity contribution in [2.75, 3.05) is 4.90 Å². The van der Waals surface area contributed by atoms with Crippen LogP contribution in [0.15, 0.2) is 84.9 Å². The highest BCUT2D eigenvalue weighted by Crippen LogP contribution is 2.42. The number of H-pyrrole nitrogens is 1. The van der Waals surface area contributed by atoms with Gasteiger partial charge in [0.05, 0.1) is 12.5 Å². The van der Waals surface area contributed by atoms with Crippen LogP contribution in [0.3, 0.4) is 0 Å². The summed E-state index contributed by atoms with van der Waals surface area (Å²) in [5.41, 5.74) is 9.45. The van der Waals surface area contributed by atoms with E-state index in [4.69, 9.17) is 5.73 Å². The lowest BCUT2D eigenvalue weighted by Crippen LogP contribution is -2.42. The summed E-state index contributed by atoms with van der Waals surface area (Å²) in [5.74, 6) is -5.03. The Bertz CT molecular complexity index is 1880. The molecule has 0 saturated heterocycles. The molecule has 2 heterocycles. The molecule has 4 aromatic carbocycles. The largest absolute Gasteiger partial charge is 0.490 e. The Labute approximate surface area is 247 Å². The summed E-state index contributed by atoms with van der Waals surface area (Å²) in [6.45, 7) is -0.0936. The van der Waals surface area contributed by atoms with Crippen LogP contribution in [0.1, 0.15) is 23.5 Å². The summed E-state index contributed by atoms with van der Waals surface area (Å²) in [6.07, 6.45) is -7.79. The Morgan fingerprint density at radius 2 is 1.66 bits per heavy atom. The number of fused-ring (bicyclic) bond motifs is 3. The van der Waals surface area contributed by atoms with Gasteiger partial charge in [-0.25, -0.2) is 9.89 Å². The Morgan fingerprint density at radius 1 is 0.955 bits per heavy atom. The molecule has 1 aliphatic rings. The number of rotatable bonds is 6. The lowest BCUT2D eigenvalue weighted by Gasteiger charge is -2.26. The number of tetrazole rings is 1. The van der Waals surface area contributed by atoms with Crippen LogP contribution in [0.5, 0.6) is 0 Å². The van der Waals surface area contributed by atoms with Gasteiger partial charge in [0.15, 0.2) is 11.9 Å². The van der Waals surface area contributed by atoms with Crippen molar-refractivity contribution in [3.05, 3.63) is 96.1 Å². The zero-order valence-electron chi connectivity index (χ0n) is 22.8. The average molecular weight is 601 g/mol. The molecule has 2 atom stereocenters. The zero-order valence-corrected chi connectivity index (χ0v) is 22.8. The summed E-state index contributed by atoms with van der Waals surface area (Å²) in [4.78, 5) is 39.7. The van der Waals surface area contributed by atoms with Crippen LogP contribution in [0, 0.1) is 0 Å². The lowest BCUT2D eigenvalue weighted by atomic mass is 9.88. The maximum atomic E-state index is 13.9. The van der Waals surface area contributed by atoms with Crippen molar-refractivity contribution in [3.8, 4) is 22.5 Å². The van der Waals surface area contributed by atoms with Gasteiger partial charge in [-0.05, 0) is 49.5 Å². The van der Waals surface area contributed by atoms with E-state index < -0.39 is 42.4 Å². The van der Waals surface area contributed by atoms with Gasteiger partial charge >= 0.3 is 12.1 Å². The molecule has 0 radical (unpaired) electrons. The Kier molecular flexibility index (Phi) is 7.29. The Balaban J connectivity index is 1.41. The van der Waals surface area contributed by atoms with Gasteiger partial charge in [0.25, 0.3) is 5.91 Å². The SMILES string of the molecule is NC(=O)C1CC(OC(=O)C(F)(F)F)C(=O)N(Cc2ccc(-c3ccccc3-c3nnn[nH]3)cc2)c2ccc3ccccc3c21. The number of ether oxygens (including phenoxy) is 1. The number of nitrogens with zero attached hydrogens (tertiary/aromatic N) is 4. The van der Waals surface area contributed by atoms with Crippen LogP contribution in [-0.4, -0.2) is 50.7 Å². The molecular formula is C31H23F3N6O4. The third-order valence-corrected chi connectivity index (χ3v) is 7.54. The number of aromatic nitrogens is 4. The van der Waals surface area contributed by atoms with Gasteiger partial charge in [-0.2, -0.15) is 13.2 Å². The maximum Gasteiger partial charge on any atom is 0.490 e. The molecule has 44 heavy (non-hydrogen) atoms. The number of alkyl halides is 3. The van der Waals surface area contributed by atoms with E-state index in [1.54, 1.807) is 48.5 Å². The van der Waals surface area contributed by atoms with Gasteiger partial charge in [-0.15, -0.1) is 5.10 Å². The second-order valence-electron chi connectivity index (χ2n) is 10.2. The van der Waals surface area contributed by atoms with E-state index in [1.807, 2.05) is 36.4 Å². The highest BCUT2D eigenvalue weighted by molar-refractivity contribution is 6.06. The number of amides is 2. The number of hydrogen-bond acceptors (Lipinski definition) is 7. The molecule has 3 N–H and O–H groups in total. The first-order chi connectivity index (χ1) is 21.1. The molecule has 5 aromatic rings. The molecule has 0 aliphatic carbocycles. The summed E-state index contributed by atoms with van der Waals surface area (Å²) < 4.78 is 44.3. The monoisotopic (exact) mass is 600 g/mol. The highest BCUT2D eigenvalue weighted by atomic mass is 19.4. The van der Waals surface area contributed by atoms with E-state index in [0.717, 1.165) is 22.1 Å². The standard InChI is InChI=1S/C31H23F3N6O4/c32-31(33,34)30(43)44-25-15-23(27(35)41)26-21-7-2-1-5-18(21)13-14-24(26)40(29(25)42)16-17-9-11-19(12-10-17)20-6-3-4-8-22(20)28-36-38-39-37-28/h1-14,23,25H,15-16H2,(H2,35,41)(H,36,37,38,39). The highest BCUT2D eigenvalue weighted by Gasteiger charge is 2.46. The number of anilines is 1. The average Bonchev–Trinajstić information content (AvgIpc) is 3.52. The van der Waals surface area contributed by atoms with Gasteiger partial charge in [0.1, 0.15) is 0 Å². The van der Waals surface area contributed by atoms with E-state index in [1.165, 1.54) is 4.90 Å². The first-order valence-electron chi connectivity index (χ1n) is 13.4. The molecule has 2 unspecified atom stereocenters. The molecule has 6 rings (SSSR count). The summed E-state index contributed by atoms with van der Waals surface area (Å²) in [7, 11) is 0. The fourth-order valence-electron chi connectivity index (χ4n) is 5.51. The number of hydrogen-bond donors (Lipinski definition) is 2. The van der Waals surface area contributed by atoms with Crippen molar-refractivity contribution in [1.29, 1.82) is 0 Å². The minimum atomic E-state index is -5.34. The zero-order chi connectivity index (χ0) is 31.0. The van der Waals surface area contributed by atoms with E-state index in [2.05, 4.69) is 25.4 Å². The topological polar surface area (TPSA) is 144 Å². The number of esters is 1. The van der Waals surface area contributed by atoms with E-state index >= 15 is 0 Å². The van der Waals surface area contributed by atoms with Crippen LogP contribution in [-0.2, 0) is 25.7 Å². The second kappa shape index (κ2) is 11.2. The first-order valence-corrected chi connectivity index (χ1v) is 13.4. The number of primary amides is 1. The molecule has 13 heteroatoms. The molecule has 0 saturated carbocycles. The molecule has 10 nitrogen and oxygen atoms in total. The number of carbonyl (C=O) groups is 3. The Morgan fingerprint density at radius 3 is 2.34 bits per heavy atom. The maximum absolute atomic E-state index is 13.9. The second-order valence-corrected chi connectivity index (χ2v) is 10.2. The predicted octanol–water partition coefficient (Wildman–Crippen LogP) is 4.67.